The first kappa shape index (κ1) is 16.1. The van der Waals surface area contributed by atoms with Crippen LogP contribution >= 0.6 is 11.6 Å². The van der Waals surface area contributed by atoms with Crippen molar-refractivity contribution in [3.8, 4) is 11.4 Å². The molecule has 0 aliphatic rings. The average molecular weight is 348 g/mol. The molecule has 1 amide bonds. The molecule has 0 fully saturated rings. The number of tetrazole rings is 1. The van der Waals surface area contributed by atoms with Crippen molar-refractivity contribution in [2.24, 2.45) is 0 Å². The Morgan fingerprint density at radius 3 is 2.83 bits per heavy atom. The van der Waals surface area contributed by atoms with Crippen molar-refractivity contribution in [2.45, 2.75) is 19.9 Å². The number of carbonyl (C=O) groups excluding carboxylic acids is 1. The lowest BCUT2D eigenvalue weighted by Crippen LogP contribution is -2.30. The van der Waals surface area contributed by atoms with Crippen LogP contribution in [0.2, 0.25) is 5.02 Å². The molecule has 0 aliphatic heterocycles. The Hall–Kier alpha value is -2.81. The van der Waals surface area contributed by atoms with E-state index in [4.69, 9.17) is 16.1 Å². The van der Waals surface area contributed by atoms with E-state index in [9.17, 15) is 4.79 Å². The summed E-state index contributed by atoms with van der Waals surface area (Å²) >= 11 is 5.84. The summed E-state index contributed by atoms with van der Waals surface area (Å²) in [6, 6.07) is 7.05. The predicted octanol–water partition coefficient (Wildman–Crippen LogP) is 1.04. The van der Waals surface area contributed by atoms with E-state index in [0.717, 1.165) is 5.56 Å². The standard InChI is InChI=1S/C14H14ClN7O2/c1-9-17-13(24-20-9)6-7-16-12(23)8-22-19-14(18-21-22)10-2-4-11(15)5-3-10/h2-5H,6-8H2,1H3,(H,16,23). The molecule has 3 aromatic rings. The summed E-state index contributed by atoms with van der Waals surface area (Å²) in [6.45, 7) is 2.10. The number of aromatic nitrogens is 6. The van der Waals surface area contributed by atoms with Gasteiger partial charge in [-0.05, 0) is 36.4 Å². The first-order chi connectivity index (χ1) is 11.6. The highest BCUT2D eigenvalue weighted by molar-refractivity contribution is 6.30. The van der Waals surface area contributed by atoms with Crippen LogP contribution in [0.4, 0.5) is 0 Å². The van der Waals surface area contributed by atoms with Crippen molar-refractivity contribution in [1.29, 1.82) is 0 Å². The molecule has 2 heterocycles. The Bertz CT molecular complexity index is 828. The van der Waals surface area contributed by atoms with Gasteiger partial charge >= 0.3 is 0 Å². The Morgan fingerprint density at radius 2 is 2.12 bits per heavy atom. The minimum Gasteiger partial charge on any atom is -0.354 e. The van der Waals surface area contributed by atoms with E-state index < -0.39 is 0 Å². The van der Waals surface area contributed by atoms with Crippen molar-refractivity contribution < 1.29 is 9.32 Å². The molecule has 1 aromatic carbocycles. The number of aryl methyl sites for hydroxylation is 1. The third-order valence-corrected chi connectivity index (χ3v) is 3.32. The number of rotatable bonds is 6. The largest absolute Gasteiger partial charge is 0.354 e. The highest BCUT2D eigenvalue weighted by Crippen LogP contribution is 2.16. The van der Waals surface area contributed by atoms with Gasteiger partial charge in [-0.15, -0.1) is 10.2 Å². The smallest absolute Gasteiger partial charge is 0.243 e. The second-order valence-corrected chi connectivity index (χ2v) is 5.42. The quantitative estimate of drug-likeness (QED) is 0.709. The number of carbonyl (C=O) groups is 1. The Kier molecular flexibility index (Phi) is 4.80. The molecule has 2 aromatic heterocycles. The first-order valence-corrected chi connectivity index (χ1v) is 7.57. The Balaban J connectivity index is 1.50. The van der Waals surface area contributed by atoms with Crippen molar-refractivity contribution in [2.75, 3.05) is 6.54 Å². The average Bonchev–Trinajstić information content (AvgIpc) is 3.17. The fourth-order valence-corrected chi connectivity index (χ4v) is 2.09. The molecule has 9 nitrogen and oxygen atoms in total. The monoisotopic (exact) mass is 347 g/mol. The van der Waals surface area contributed by atoms with Crippen LogP contribution in [-0.4, -0.2) is 42.8 Å². The van der Waals surface area contributed by atoms with E-state index in [1.54, 1.807) is 31.2 Å². The SMILES string of the molecule is Cc1noc(CCNC(=O)Cn2nnc(-c3ccc(Cl)cc3)n2)n1. The van der Waals surface area contributed by atoms with Crippen molar-refractivity contribution >= 4 is 17.5 Å². The summed E-state index contributed by atoms with van der Waals surface area (Å²) in [5.41, 5.74) is 0.776. The maximum atomic E-state index is 11.9. The summed E-state index contributed by atoms with van der Waals surface area (Å²) in [4.78, 5) is 17.2. The minimum absolute atomic E-state index is 0.0244. The lowest BCUT2D eigenvalue weighted by atomic mass is 10.2. The molecule has 124 valence electrons. The molecule has 1 N–H and O–H groups in total. The van der Waals surface area contributed by atoms with Crippen LogP contribution in [0.3, 0.4) is 0 Å². The maximum Gasteiger partial charge on any atom is 0.243 e. The van der Waals surface area contributed by atoms with Crippen LogP contribution in [-0.2, 0) is 17.8 Å². The third-order valence-electron chi connectivity index (χ3n) is 3.07. The zero-order valence-corrected chi connectivity index (χ0v) is 13.6. The fourth-order valence-electron chi connectivity index (χ4n) is 1.96. The van der Waals surface area contributed by atoms with Gasteiger partial charge < -0.3 is 9.84 Å². The molecular weight excluding hydrogens is 334 g/mol. The molecule has 0 radical (unpaired) electrons. The van der Waals surface area contributed by atoms with Crippen molar-refractivity contribution in [1.82, 2.24) is 35.7 Å². The van der Waals surface area contributed by atoms with Gasteiger partial charge in [0.2, 0.25) is 17.6 Å². The van der Waals surface area contributed by atoms with Crippen molar-refractivity contribution in [3.63, 3.8) is 0 Å². The van der Waals surface area contributed by atoms with E-state index >= 15 is 0 Å². The molecule has 0 saturated heterocycles. The molecule has 0 saturated carbocycles. The second kappa shape index (κ2) is 7.18. The van der Waals surface area contributed by atoms with E-state index in [1.807, 2.05) is 0 Å². The molecule has 0 spiro atoms. The highest BCUT2D eigenvalue weighted by atomic mass is 35.5. The van der Waals surface area contributed by atoms with Crippen LogP contribution in [0.15, 0.2) is 28.8 Å². The van der Waals surface area contributed by atoms with Crippen LogP contribution in [0, 0.1) is 6.92 Å². The zero-order valence-electron chi connectivity index (χ0n) is 12.8. The van der Waals surface area contributed by atoms with Gasteiger partial charge in [-0.3, -0.25) is 4.79 Å². The van der Waals surface area contributed by atoms with Crippen LogP contribution in [0.1, 0.15) is 11.7 Å². The minimum atomic E-state index is -0.230. The number of halogens is 1. The number of benzene rings is 1. The zero-order chi connectivity index (χ0) is 16.9. The normalized spacial score (nSPS) is 10.8. The molecule has 0 bridgehead atoms. The van der Waals surface area contributed by atoms with Gasteiger partial charge in [-0.25, -0.2) is 0 Å². The third kappa shape index (κ3) is 4.13. The van der Waals surface area contributed by atoms with Gasteiger partial charge in [0.15, 0.2) is 5.82 Å². The Labute approximate surface area is 142 Å². The number of hydrogen-bond acceptors (Lipinski definition) is 7. The van der Waals surface area contributed by atoms with Crippen LogP contribution < -0.4 is 5.32 Å². The fraction of sp³-hybridized carbons (Fsp3) is 0.286. The number of hydrogen-bond donors (Lipinski definition) is 1. The molecule has 10 heteroatoms. The summed E-state index contributed by atoms with van der Waals surface area (Å²) < 4.78 is 4.96. The van der Waals surface area contributed by atoms with Crippen LogP contribution in [0.5, 0.6) is 0 Å². The van der Waals surface area contributed by atoms with Gasteiger partial charge in [0.1, 0.15) is 6.54 Å². The van der Waals surface area contributed by atoms with E-state index in [0.29, 0.717) is 35.5 Å². The second-order valence-electron chi connectivity index (χ2n) is 4.99. The number of nitrogens with zero attached hydrogens (tertiary/aromatic N) is 6. The molecular formula is C14H14ClN7O2. The summed E-state index contributed by atoms with van der Waals surface area (Å²) in [7, 11) is 0. The summed E-state index contributed by atoms with van der Waals surface area (Å²) in [6.07, 6.45) is 0.466. The maximum absolute atomic E-state index is 11.9. The molecule has 0 aliphatic carbocycles. The number of nitrogens with one attached hydrogen (secondary N) is 1. The van der Waals surface area contributed by atoms with Crippen LogP contribution in [0.25, 0.3) is 11.4 Å². The molecule has 24 heavy (non-hydrogen) atoms. The number of amides is 1. The highest BCUT2D eigenvalue weighted by Gasteiger charge is 2.10. The van der Waals surface area contributed by atoms with E-state index in [1.165, 1.54) is 4.80 Å². The van der Waals surface area contributed by atoms with Gasteiger partial charge in [-0.1, -0.05) is 16.8 Å². The van der Waals surface area contributed by atoms with Gasteiger partial charge in [0, 0.05) is 23.6 Å². The molecule has 3 rings (SSSR count). The lowest BCUT2D eigenvalue weighted by Gasteiger charge is -2.01. The van der Waals surface area contributed by atoms with Gasteiger partial charge in [0.05, 0.1) is 0 Å². The topological polar surface area (TPSA) is 112 Å². The lowest BCUT2D eigenvalue weighted by molar-refractivity contribution is -0.122. The molecule has 0 unspecified atom stereocenters. The van der Waals surface area contributed by atoms with Gasteiger partial charge in [0.25, 0.3) is 0 Å². The molecule has 0 atom stereocenters. The Morgan fingerprint density at radius 1 is 1.33 bits per heavy atom. The van der Waals surface area contributed by atoms with E-state index in [-0.39, 0.29) is 12.5 Å². The van der Waals surface area contributed by atoms with Crippen molar-refractivity contribution in [3.05, 3.63) is 41.0 Å². The summed E-state index contributed by atoms with van der Waals surface area (Å²) in [5, 5.41) is 19.0. The summed E-state index contributed by atoms with van der Waals surface area (Å²) in [5.74, 6) is 1.25. The van der Waals surface area contributed by atoms with E-state index in [2.05, 4.69) is 30.9 Å². The first-order valence-electron chi connectivity index (χ1n) is 7.20. The predicted molar refractivity (Wildman–Crippen MR) is 84.0 cm³/mol. The van der Waals surface area contributed by atoms with Gasteiger partial charge in [-0.2, -0.15) is 9.78 Å².